The Morgan fingerprint density at radius 1 is 1.17 bits per heavy atom. The van der Waals surface area contributed by atoms with Crippen LogP contribution in [0.1, 0.15) is 12.7 Å². The number of hydrogen-bond acceptors (Lipinski definition) is 7. The molecule has 0 saturated carbocycles. The van der Waals surface area contributed by atoms with E-state index >= 15 is 0 Å². The van der Waals surface area contributed by atoms with Crippen molar-refractivity contribution in [3.8, 4) is 0 Å². The van der Waals surface area contributed by atoms with Gasteiger partial charge < -0.3 is 5.32 Å². The Bertz CT molecular complexity index is 1380. The van der Waals surface area contributed by atoms with Gasteiger partial charge in [0.1, 0.15) is 5.82 Å². The average molecular weight is 443 g/mol. The predicted molar refractivity (Wildman–Crippen MR) is 115 cm³/mol. The molecule has 0 aliphatic carbocycles. The van der Waals surface area contributed by atoms with E-state index in [0.717, 1.165) is 10.9 Å². The van der Waals surface area contributed by atoms with Crippen LogP contribution in [0.5, 0.6) is 0 Å². The van der Waals surface area contributed by atoms with Crippen molar-refractivity contribution in [3.05, 3.63) is 54.4 Å². The Labute approximate surface area is 176 Å². The van der Waals surface area contributed by atoms with E-state index in [0.29, 0.717) is 22.3 Å². The van der Waals surface area contributed by atoms with Crippen LogP contribution in [0.25, 0.3) is 16.6 Å². The minimum atomic E-state index is -3.86. The second-order valence-electron chi connectivity index (χ2n) is 6.63. The minimum Gasteiger partial charge on any atom is -0.325 e. The second-order valence-corrected chi connectivity index (χ2v) is 9.50. The van der Waals surface area contributed by atoms with Crippen molar-refractivity contribution in [3.63, 3.8) is 0 Å². The molecule has 0 fully saturated rings. The number of nitrogens with two attached hydrogens (primary N) is 1. The van der Waals surface area contributed by atoms with Crippen LogP contribution in [-0.2, 0) is 14.8 Å². The van der Waals surface area contributed by atoms with Gasteiger partial charge in [-0.3, -0.25) is 4.79 Å². The van der Waals surface area contributed by atoms with Gasteiger partial charge in [0.15, 0.2) is 10.8 Å². The number of rotatable bonds is 5. The highest BCUT2D eigenvalue weighted by Crippen LogP contribution is 2.27. The number of hydrogen-bond donors (Lipinski definition) is 2. The van der Waals surface area contributed by atoms with Crippen molar-refractivity contribution in [2.24, 2.45) is 5.14 Å². The number of carbonyl (C=O) groups excluding carboxylic acids is 1. The molecular weight excluding hydrogens is 424 g/mol. The number of anilines is 1. The molecule has 4 rings (SSSR count). The molecule has 0 aliphatic heterocycles. The lowest BCUT2D eigenvalue weighted by Gasteiger charge is -2.13. The number of aromatic nitrogens is 4. The summed E-state index contributed by atoms with van der Waals surface area (Å²) in [6.45, 7) is 3.53. The average Bonchev–Trinajstić information content (AvgIpc) is 3.09. The highest BCUT2D eigenvalue weighted by molar-refractivity contribution is 8.00. The van der Waals surface area contributed by atoms with E-state index in [-0.39, 0.29) is 10.8 Å². The predicted octanol–water partition coefficient (Wildman–Crippen LogP) is 2.35. The van der Waals surface area contributed by atoms with Crippen LogP contribution in [0.15, 0.2) is 58.6 Å². The molecule has 154 valence electrons. The summed E-state index contributed by atoms with van der Waals surface area (Å²) in [6.07, 6.45) is 0. The van der Waals surface area contributed by atoms with Gasteiger partial charge in [-0.05, 0) is 44.2 Å². The van der Waals surface area contributed by atoms with Crippen molar-refractivity contribution < 1.29 is 13.2 Å². The first-order chi connectivity index (χ1) is 14.2. The number of nitrogens with one attached hydrogen (secondary N) is 1. The Morgan fingerprint density at radius 2 is 1.93 bits per heavy atom. The standard InChI is InChI=1S/C19H18N6O3S2/c1-11(18(26)22-13-6-5-7-14(10-13)30(20,27)28)29-19-23-16-9-4-3-8-15(16)17-21-12(2)24-25(17)19/h3-11H,1-2H3,(H,22,26)(H2,20,27,28)/t11-/m0/s1. The molecule has 2 aromatic carbocycles. The highest BCUT2D eigenvalue weighted by Gasteiger charge is 2.20. The van der Waals surface area contributed by atoms with Gasteiger partial charge in [-0.25, -0.2) is 23.5 Å². The summed E-state index contributed by atoms with van der Waals surface area (Å²) in [6, 6.07) is 13.4. The van der Waals surface area contributed by atoms with Gasteiger partial charge in [-0.2, -0.15) is 4.52 Å². The maximum absolute atomic E-state index is 12.7. The van der Waals surface area contributed by atoms with Crippen LogP contribution < -0.4 is 10.5 Å². The van der Waals surface area contributed by atoms with Crippen molar-refractivity contribution in [2.45, 2.75) is 29.1 Å². The monoisotopic (exact) mass is 442 g/mol. The molecule has 0 radical (unpaired) electrons. The molecule has 0 spiro atoms. The van der Waals surface area contributed by atoms with Crippen LogP contribution >= 0.6 is 11.8 Å². The van der Waals surface area contributed by atoms with E-state index in [4.69, 9.17) is 5.14 Å². The lowest BCUT2D eigenvalue weighted by atomic mass is 10.2. The normalized spacial score (nSPS) is 12.9. The number of thioether (sulfide) groups is 1. The third kappa shape index (κ3) is 3.99. The fourth-order valence-electron chi connectivity index (χ4n) is 2.92. The maximum atomic E-state index is 12.7. The van der Waals surface area contributed by atoms with Crippen molar-refractivity contribution in [1.29, 1.82) is 0 Å². The third-order valence-electron chi connectivity index (χ3n) is 4.34. The van der Waals surface area contributed by atoms with Gasteiger partial charge in [0.05, 0.1) is 15.7 Å². The number of sulfonamides is 1. The molecule has 2 aromatic heterocycles. The summed E-state index contributed by atoms with van der Waals surface area (Å²) in [5.41, 5.74) is 1.77. The van der Waals surface area contributed by atoms with Crippen LogP contribution in [0, 0.1) is 6.92 Å². The SMILES string of the molecule is Cc1nc2c3ccccc3nc(S[C@@H](C)C(=O)Nc3cccc(S(N)(=O)=O)c3)n2n1. The number of nitrogens with zero attached hydrogens (tertiary/aromatic N) is 4. The van der Waals surface area contributed by atoms with Crippen molar-refractivity contribution >= 4 is 49.9 Å². The number of fused-ring (bicyclic) bond motifs is 3. The number of carbonyl (C=O) groups is 1. The van der Waals surface area contributed by atoms with E-state index in [1.807, 2.05) is 24.3 Å². The Hall–Kier alpha value is -3.02. The zero-order chi connectivity index (χ0) is 21.5. The first-order valence-electron chi connectivity index (χ1n) is 8.95. The lowest BCUT2D eigenvalue weighted by molar-refractivity contribution is -0.115. The smallest absolute Gasteiger partial charge is 0.238 e. The van der Waals surface area contributed by atoms with E-state index in [9.17, 15) is 13.2 Å². The molecule has 11 heteroatoms. The molecule has 3 N–H and O–H groups in total. The minimum absolute atomic E-state index is 0.0726. The van der Waals surface area contributed by atoms with Crippen LogP contribution in [-0.4, -0.2) is 39.2 Å². The second kappa shape index (κ2) is 7.67. The Kier molecular flexibility index (Phi) is 5.18. The van der Waals surface area contributed by atoms with E-state index in [1.54, 1.807) is 24.4 Å². The first kappa shape index (κ1) is 20.3. The largest absolute Gasteiger partial charge is 0.325 e. The lowest BCUT2D eigenvalue weighted by Crippen LogP contribution is -2.23. The molecule has 0 saturated heterocycles. The number of aryl methyl sites for hydroxylation is 1. The molecule has 0 bridgehead atoms. The maximum Gasteiger partial charge on any atom is 0.238 e. The van der Waals surface area contributed by atoms with Gasteiger partial charge in [0.25, 0.3) is 0 Å². The molecule has 9 nitrogen and oxygen atoms in total. The Balaban J connectivity index is 1.61. The number of benzene rings is 2. The van der Waals surface area contributed by atoms with Crippen molar-refractivity contribution in [1.82, 2.24) is 19.6 Å². The summed E-state index contributed by atoms with van der Waals surface area (Å²) in [5, 5.41) is 13.1. The summed E-state index contributed by atoms with van der Waals surface area (Å²) in [4.78, 5) is 21.7. The number of para-hydroxylation sites is 1. The molecule has 2 heterocycles. The highest BCUT2D eigenvalue weighted by atomic mass is 32.2. The zero-order valence-corrected chi connectivity index (χ0v) is 17.7. The fraction of sp³-hybridized carbons (Fsp3) is 0.158. The molecular formula is C19H18N6O3S2. The third-order valence-corrected chi connectivity index (χ3v) is 6.29. The number of amides is 1. The van der Waals surface area contributed by atoms with Crippen LogP contribution in [0.3, 0.4) is 0 Å². The van der Waals surface area contributed by atoms with Gasteiger partial charge in [0, 0.05) is 11.1 Å². The van der Waals surface area contributed by atoms with Crippen molar-refractivity contribution in [2.75, 3.05) is 5.32 Å². The van der Waals surface area contributed by atoms with Gasteiger partial charge >= 0.3 is 0 Å². The molecule has 0 aliphatic rings. The Morgan fingerprint density at radius 3 is 2.70 bits per heavy atom. The zero-order valence-electron chi connectivity index (χ0n) is 16.1. The first-order valence-corrected chi connectivity index (χ1v) is 11.4. The van der Waals surface area contributed by atoms with E-state index in [2.05, 4.69) is 20.4 Å². The van der Waals surface area contributed by atoms with E-state index in [1.165, 1.54) is 30.0 Å². The number of primary sulfonamides is 1. The summed E-state index contributed by atoms with van der Waals surface area (Å²) in [7, 11) is -3.86. The molecule has 1 atom stereocenters. The summed E-state index contributed by atoms with van der Waals surface area (Å²) in [5.74, 6) is 0.290. The fourth-order valence-corrected chi connectivity index (χ4v) is 4.34. The molecule has 0 unspecified atom stereocenters. The molecule has 30 heavy (non-hydrogen) atoms. The van der Waals surface area contributed by atoms with Gasteiger partial charge in [-0.15, -0.1) is 5.10 Å². The quantitative estimate of drug-likeness (QED) is 0.358. The van der Waals surface area contributed by atoms with Crippen LogP contribution in [0.2, 0.25) is 0 Å². The summed E-state index contributed by atoms with van der Waals surface area (Å²) >= 11 is 1.23. The topological polar surface area (TPSA) is 132 Å². The van der Waals surface area contributed by atoms with Crippen LogP contribution in [0.4, 0.5) is 5.69 Å². The van der Waals surface area contributed by atoms with Gasteiger partial charge in [-0.1, -0.05) is 30.0 Å². The van der Waals surface area contributed by atoms with Gasteiger partial charge in [0.2, 0.25) is 15.9 Å². The summed E-state index contributed by atoms with van der Waals surface area (Å²) < 4.78 is 24.7. The molecule has 4 aromatic rings. The molecule has 1 amide bonds. The van der Waals surface area contributed by atoms with E-state index < -0.39 is 15.3 Å².